The Morgan fingerprint density at radius 3 is 2.44 bits per heavy atom. The number of nitrogens with one attached hydrogen (secondary N) is 1. The van der Waals surface area contributed by atoms with Gasteiger partial charge in [0.15, 0.2) is 0 Å². The van der Waals surface area contributed by atoms with Gasteiger partial charge in [0.05, 0.1) is 5.02 Å². The van der Waals surface area contributed by atoms with Gasteiger partial charge in [-0.15, -0.1) is 0 Å². The molecule has 0 saturated carbocycles. The molecule has 1 aromatic carbocycles. The van der Waals surface area contributed by atoms with Gasteiger partial charge in [0.2, 0.25) is 0 Å². The number of halogens is 5. The average Bonchev–Trinajstić information content (AvgIpc) is 2.12. The number of benzene rings is 1. The maximum atomic E-state index is 12.9. The van der Waals surface area contributed by atoms with Crippen molar-refractivity contribution in [2.24, 2.45) is 0 Å². The van der Waals surface area contributed by atoms with Crippen LogP contribution in [0.15, 0.2) is 12.1 Å². The molecule has 0 fully saturated rings. The summed E-state index contributed by atoms with van der Waals surface area (Å²) in [5.41, 5.74) is -0.0202. The lowest BCUT2D eigenvalue weighted by molar-refractivity contribution is -0.167. The van der Waals surface area contributed by atoms with Crippen LogP contribution in [0.5, 0.6) is 0 Å². The molecule has 0 heterocycles. The summed E-state index contributed by atoms with van der Waals surface area (Å²) in [6.45, 7) is 1.35. The second-order valence-electron chi connectivity index (χ2n) is 3.03. The summed E-state index contributed by atoms with van der Waals surface area (Å²) in [5.74, 6) is -2.89. The van der Waals surface area contributed by atoms with Crippen LogP contribution in [0.3, 0.4) is 0 Å². The zero-order chi connectivity index (χ0) is 12.5. The van der Waals surface area contributed by atoms with Crippen molar-refractivity contribution in [1.29, 1.82) is 0 Å². The number of aryl methyl sites for hydroxylation is 1. The third-order valence-corrected chi connectivity index (χ3v) is 2.06. The Bertz CT molecular complexity index is 430. The van der Waals surface area contributed by atoms with Crippen LogP contribution in [0.1, 0.15) is 5.56 Å². The lowest BCUT2D eigenvalue weighted by Crippen LogP contribution is -2.30. The minimum atomic E-state index is -4.99. The second-order valence-corrected chi connectivity index (χ2v) is 3.44. The zero-order valence-corrected chi connectivity index (χ0v) is 8.71. The lowest BCUT2D eigenvalue weighted by atomic mass is 10.2. The molecule has 0 aliphatic rings. The van der Waals surface area contributed by atoms with E-state index >= 15 is 0 Å². The minimum Gasteiger partial charge on any atom is -0.318 e. The van der Waals surface area contributed by atoms with E-state index in [1.54, 1.807) is 5.32 Å². The Labute approximate surface area is 93.2 Å². The number of carbonyl (C=O) groups excluding carboxylic acids is 1. The number of amides is 1. The van der Waals surface area contributed by atoms with Crippen molar-refractivity contribution < 1.29 is 22.4 Å². The Morgan fingerprint density at radius 1 is 1.38 bits per heavy atom. The summed E-state index contributed by atoms with van der Waals surface area (Å²) in [4.78, 5) is 10.6. The van der Waals surface area contributed by atoms with Gasteiger partial charge in [-0.05, 0) is 24.6 Å². The normalized spacial score (nSPS) is 11.4. The molecule has 2 nitrogen and oxygen atoms in total. The summed E-state index contributed by atoms with van der Waals surface area (Å²) in [6, 6.07) is 1.87. The predicted molar refractivity (Wildman–Crippen MR) is 50.8 cm³/mol. The number of carbonyl (C=O) groups is 1. The standard InChI is InChI=1S/C9H6ClF4NO/c1-4-2-6(11)5(10)3-7(4)15-8(16)9(12,13)14/h2-3H,1H3,(H,15,16). The van der Waals surface area contributed by atoms with E-state index < -0.39 is 17.9 Å². The van der Waals surface area contributed by atoms with E-state index in [4.69, 9.17) is 11.6 Å². The molecule has 0 spiro atoms. The number of hydrogen-bond donors (Lipinski definition) is 1. The van der Waals surface area contributed by atoms with Crippen molar-refractivity contribution >= 4 is 23.2 Å². The first kappa shape index (κ1) is 12.8. The third-order valence-electron chi connectivity index (χ3n) is 1.77. The first-order valence-corrected chi connectivity index (χ1v) is 4.43. The molecule has 1 aromatic rings. The molecular formula is C9H6ClF4NO. The van der Waals surface area contributed by atoms with Gasteiger partial charge in [-0.1, -0.05) is 11.6 Å². The fourth-order valence-corrected chi connectivity index (χ4v) is 1.14. The van der Waals surface area contributed by atoms with Crippen molar-refractivity contribution in [1.82, 2.24) is 0 Å². The largest absolute Gasteiger partial charge is 0.471 e. The molecule has 1 N–H and O–H groups in total. The molecule has 0 unspecified atom stereocenters. The van der Waals surface area contributed by atoms with Crippen molar-refractivity contribution in [3.05, 3.63) is 28.5 Å². The average molecular weight is 256 g/mol. The molecule has 0 aliphatic carbocycles. The maximum absolute atomic E-state index is 12.9. The van der Waals surface area contributed by atoms with Gasteiger partial charge in [-0.2, -0.15) is 13.2 Å². The molecule has 1 rings (SSSR count). The van der Waals surface area contributed by atoms with Gasteiger partial charge in [-0.25, -0.2) is 4.39 Å². The summed E-state index contributed by atoms with van der Waals surface area (Å²) in [5, 5.41) is 1.24. The van der Waals surface area contributed by atoms with Gasteiger partial charge in [0, 0.05) is 5.69 Å². The molecule has 0 radical (unpaired) electrons. The van der Waals surface area contributed by atoms with Crippen molar-refractivity contribution in [3.8, 4) is 0 Å². The first-order valence-electron chi connectivity index (χ1n) is 4.05. The highest BCUT2D eigenvalue weighted by Gasteiger charge is 2.38. The summed E-state index contributed by atoms with van der Waals surface area (Å²) in [6.07, 6.45) is -4.99. The molecule has 88 valence electrons. The van der Waals surface area contributed by atoms with Crippen LogP contribution in [0.25, 0.3) is 0 Å². The van der Waals surface area contributed by atoms with E-state index in [9.17, 15) is 22.4 Å². The van der Waals surface area contributed by atoms with Crippen LogP contribution in [0, 0.1) is 12.7 Å². The monoisotopic (exact) mass is 255 g/mol. The topological polar surface area (TPSA) is 29.1 Å². The number of hydrogen-bond acceptors (Lipinski definition) is 1. The summed E-state index contributed by atoms with van der Waals surface area (Å²) < 4.78 is 48.6. The van der Waals surface area contributed by atoms with Crippen LogP contribution in [0.4, 0.5) is 23.2 Å². The molecule has 0 aromatic heterocycles. The van der Waals surface area contributed by atoms with Crippen molar-refractivity contribution in [2.45, 2.75) is 13.1 Å². The van der Waals surface area contributed by atoms with Crippen LogP contribution < -0.4 is 5.32 Å². The number of anilines is 1. The quantitative estimate of drug-likeness (QED) is 0.767. The van der Waals surface area contributed by atoms with Gasteiger partial charge < -0.3 is 5.32 Å². The smallest absolute Gasteiger partial charge is 0.318 e. The minimum absolute atomic E-state index is 0.152. The van der Waals surface area contributed by atoms with E-state index in [1.165, 1.54) is 6.92 Å². The molecular weight excluding hydrogens is 250 g/mol. The van der Waals surface area contributed by atoms with Gasteiger partial charge >= 0.3 is 12.1 Å². The molecule has 0 bridgehead atoms. The van der Waals surface area contributed by atoms with E-state index in [1.807, 2.05) is 0 Å². The zero-order valence-electron chi connectivity index (χ0n) is 7.95. The highest BCUT2D eigenvalue weighted by atomic mass is 35.5. The lowest BCUT2D eigenvalue weighted by Gasteiger charge is -2.10. The van der Waals surface area contributed by atoms with E-state index in [2.05, 4.69) is 0 Å². The van der Waals surface area contributed by atoms with Crippen LogP contribution in [-0.4, -0.2) is 12.1 Å². The highest BCUT2D eigenvalue weighted by molar-refractivity contribution is 6.31. The van der Waals surface area contributed by atoms with Crippen LogP contribution >= 0.6 is 11.6 Å². The van der Waals surface area contributed by atoms with E-state index in [0.717, 1.165) is 12.1 Å². The second kappa shape index (κ2) is 4.29. The van der Waals surface area contributed by atoms with E-state index in [0.29, 0.717) is 0 Å². The van der Waals surface area contributed by atoms with Crippen LogP contribution in [-0.2, 0) is 4.79 Å². The van der Waals surface area contributed by atoms with Crippen molar-refractivity contribution in [2.75, 3.05) is 5.32 Å². The van der Waals surface area contributed by atoms with E-state index in [-0.39, 0.29) is 16.3 Å². The van der Waals surface area contributed by atoms with Gasteiger partial charge in [0.25, 0.3) is 0 Å². The third kappa shape index (κ3) is 2.85. The molecule has 0 atom stereocenters. The Kier molecular flexibility index (Phi) is 3.42. The molecule has 0 aliphatic heterocycles. The molecule has 7 heteroatoms. The van der Waals surface area contributed by atoms with Gasteiger partial charge in [-0.3, -0.25) is 4.79 Å². The fraction of sp³-hybridized carbons (Fsp3) is 0.222. The fourth-order valence-electron chi connectivity index (χ4n) is 0.974. The first-order chi connectivity index (χ1) is 7.21. The molecule has 0 saturated heterocycles. The highest BCUT2D eigenvalue weighted by Crippen LogP contribution is 2.25. The van der Waals surface area contributed by atoms with Crippen LogP contribution in [0.2, 0.25) is 5.02 Å². The Balaban J connectivity index is 2.99. The summed E-state index contributed by atoms with van der Waals surface area (Å²) >= 11 is 5.38. The SMILES string of the molecule is Cc1cc(F)c(Cl)cc1NC(=O)C(F)(F)F. The van der Waals surface area contributed by atoms with Gasteiger partial charge in [0.1, 0.15) is 5.82 Å². The van der Waals surface area contributed by atoms with Crippen molar-refractivity contribution in [3.63, 3.8) is 0 Å². The number of alkyl halides is 3. The molecule has 16 heavy (non-hydrogen) atoms. The molecule has 1 amide bonds. The Morgan fingerprint density at radius 2 is 1.94 bits per heavy atom. The maximum Gasteiger partial charge on any atom is 0.471 e. The predicted octanol–water partition coefficient (Wildman–Crippen LogP) is 3.29. The summed E-state index contributed by atoms with van der Waals surface area (Å²) in [7, 11) is 0. The number of rotatable bonds is 1. The Hall–Kier alpha value is -1.30.